The molecule has 10 N–H and O–H groups in total. The molecule has 1 aliphatic rings. The van der Waals surface area contributed by atoms with Gasteiger partial charge in [-0.1, -0.05) is 12.8 Å². The molecule has 34 heavy (non-hydrogen) atoms. The molecule has 0 aliphatic heterocycles. The molecule has 0 aromatic heterocycles. The first-order valence-corrected chi connectivity index (χ1v) is 16.0. The number of hydrogen-bond acceptors (Lipinski definition) is 8. The van der Waals surface area contributed by atoms with Gasteiger partial charge in [-0.25, -0.2) is 0 Å². The Morgan fingerprint density at radius 2 is 0.853 bits per heavy atom. The number of rotatable bonds is 12. The lowest BCUT2D eigenvalue weighted by molar-refractivity contribution is -0.142. The van der Waals surface area contributed by atoms with Gasteiger partial charge in [0, 0.05) is 12.1 Å². The van der Waals surface area contributed by atoms with E-state index < -0.39 is 78.5 Å². The second kappa shape index (κ2) is 11.2. The number of aliphatic carboxylic acids is 2. The Labute approximate surface area is 191 Å². The number of carboxylic acid groups (broad SMARTS) is 2. The monoisotopic (exact) mass is 578 g/mol. The molecule has 0 saturated heterocycles. The van der Waals surface area contributed by atoms with Crippen molar-refractivity contribution in [1.29, 1.82) is 0 Å². The van der Waals surface area contributed by atoms with Crippen molar-refractivity contribution in [3.63, 3.8) is 0 Å². The summed E-state index contributed by atoms with van der Waals surface area (Å²) in [7, 11) is -23.2. The summed E-state index contributed by atoms with van der Waals surface area (Å²) in [5.41, 5.74) is -6.06. The fourth-order valence-corrected chi connectivity index (χ4v) is 9.78. The normalized spacial score (nSPS) is 20.9. The molecule has 0 spiro atoms. The lowest BCUT2D eigenvalue weighted by Gasteiger charge is -2.48. The maximum atomic E-state index is 12.0. The van der Waals surface area contributed by atoms with E-state index in [0.29, 0.717) is 0 Å². The van der Waals surface area contributed by atoms with Gasteiger partial charge in [-0.3, -0.25) is 37.6 Å². The van der Waals surface area contributed by atoms with Gasteiger partial charge in [0.15, 0.2) is 0 Å². The maximum absolute atomic E-state index is 12.0. The summed E-state index contributed by atoms with van der Waals surface area (Å²) in [6.45, 7) is -2.81. The molecule has 0 bridgehead atoms. The molecular formula is C12H26N2O16P4. The van der Waals surface area contributed by atoms with Crippen molar-refractivity contribution in [3.8, 4) is 0 Å². The Balaban J connectivity index is 3.81. The molecule has 18 nitrogen and oxygen atoms in total. The van der Waals surface area contributed by atoms with E-state index in [1.807, 2.05) is 0 Å². The average Bonchev–Trinajstić information content (AvgIpc) is 2.54. The fraction of sp³-hybridized carbons (Fsp3) is 0.833. The third-order valence-corrected chi connectivity index (χ3v) is 12.2. The number of carboxylic acids is 2. The zero-order valence-electron chi connectivity index (χ0n) is 17.2. The van der Waals surface area contributed by atoms with Gasteiger partial charge >= 0.3 is 42.3 Å². The highest BCUT2D eigenvalue weighted by atomic mass is 31.2. The third kappa shape index (κ3) is 8.54. The molecule has 200 valence electrons. The van der Waals surface area contributed by atoms with Crippen molar-refractivity contribution in [3.05, 3.63) is 0 Å². The SMILES string of the molecule is O=C(O)CN(C1CCCCC1N(CC(=O)O)C(P(=O)(O)O)P(=O)(O)O)C(P(=O)(O)O)P(=O)(O)O. The van der Waals surface area contributed by atoms with Gasteiger partial charge in [0.05, 0.1) is 13.1 Å². The van der Waals surface area contributed by atoms with Crippen molar-refractivity contribution in [1.82, 2.24) is 9.80 Å². The number of carbonyl (C=O) groups is 2. The van der Waals surface area contributed by atoms with Crippen LogP contribution in [0.3, 0.4) is 0 Å². The van der Waals surface area contributed by atoms with Crippen LogP contribution in [0.2, 0.25) is 0 Å². The van der Waals surface area contributed by atoms with Crippen LogP contribution in [0.5, 0.6) is 0 Å². The Hall–Kier alpha value is -0.540. The predicted octanol–water partition coefficient (Wildman–Crippen LogP) is -1.65. The summed E-state index contributed by atoms with van der Waals surface area (Å²) < 4.78 is 47.8. The van der Waals surface area contributed by atoms with Gasteiger partial charge in [-0.15, -0.1) is 0 Å². The van der Waals surface area contributed by atoms with E-state index in [2.05, 4.69) is 0 Å². The molecule has 2 atom stereocenters. The summed E-state index contributed by atoms with van der Waals surface area (Å²) in [6.07, 6.45) is -0.327. The second-order valence-corrected chi connectivity index (χ2v) is 15.1. The molecule has 1 saturated carbocycles. The zero-order valence-corrected chi connectivity index (χ0v) is 20.7. The van der Waals surface area contributed by atoms with Crippen LogP contribution < -0.4 is 0 Å². The van der Waals surface area contributed by atoms with Crippen LogP contribution in [0.1, 0.15) is 25.7 Å². The first kappa shape index (κ1) is 31.5. The highest BCUT2D eigenvalue weighted by Gasteiger charge is 2.56. The van der Waals surface area contributed by atoms with Crippen LogP contribution in [0.4, 0.5) is 0 Å². The minimum Gasteiger partial charge on any atom is -0.480 e. The van der Waals surface area contributed by atoms with Crippen molar-refractivity contribution < 1.29 is 77.2 Å². The molecule has 0 aromatic rings. The predicted molar refractivity (Wildman–Crippen MR) is 110 cm³/mol. The molecule has 0 heterocycles. The maximum Gasteiger partial charge on any atom is 0.355 e. The van der Waals surface area contributed by atoms with Crippen molar-refractivity contribution in [2.24, 2.45) is 0 Å². The van der Waals surface area contributed by atoms with Gasteiger partial charge < -0.3 is 49.4 Å². The van der Waals surface area contributed by atoms with E-state index in [0.717, 1.165) is 0 Å². The van der Waals surface area contributed by atoms with Gasteiger partial charge in [0.2, 0.25) is 11.0 Å². The van der Waals surface area contributed by atoms with Crippen LogP contribution >= 0.6 is 30.4 Å². The van der Waals surface area contributed by atoms with Crippen molar-refractivity contribution in [2.45, 2.75) is 48.8 Å². The van der Waals surface area contributed by atoms with Gasteiger partial charge in [0.1, 0.15) is 0 Å². The first-order chi connectivity index (χ1) is 15.1. The summed E-state index contributed by atoms with van der Waals surface area (Å²) >= 11 is 0. The number of hydrogen-bond donors (Lipinski definition) is 10. The highest BCUT2D eigenvalue weighted by Crippen LogP contribution is 2.64. The van der Waals surface area contributed by atoms with E-state index >= 15 is 0 Å². The molecule has 0 aromatic carbocycles. The molecule has 1 rings (SSSR count). The summed E-state index contributed by atoms with van der Waals surface area (Å²) in [4.78, 5) is 100.0. The van der Waals surface area contributed by atoms with Gasteiger partial charge in [0.25, 0.3) is 0 Å². The van der Waals surface area contributed by atoms with E-state index in [-0.39, 0.29) is 35.5 Å². The largest absolute Gasteiger partial charge is 0.480 e. The summed E-state index contributed by atoms with van der Waals surface area (Å²) in [5, 5.41) is 18.5. The molecule has 0 amide bonds. The third-order valence-electron chi connectivity index (χ3n) is 4.98. The fourth-order valence-electron chi connectivity index (χ4n) is 4.08. The highest BCUT2D eigenvalue weighted by molar-refractivity contribution is 7.71. The van der Waals surface area contributed by atoms with Crippen LogP contribution in [-0.2, 0) is 27.8 Å². The average molecular weight is 578 g/mol. The van der Waals surface area contributed by atoms with Crippen molar-refractivity contribution in [2.75, 3.05) is 13.1 Å². The Morgan fingerprint density at radius 1 is 0.618 bits per heavy atom. The smallest absolute Gasteiger partial charge is 0.355 e. The van der Waals surface area contributed by atoms with Crippen LogP contribution in [0, 0.1) is 0 Å². The van der Waals surface area contributed by atoms with Crippen LogP contribution in [0.15, 0.2) is 0 Å². The minimum absolute atomic E-state index is 0.143. The summed E-state index contributed by atoms with van der Waals surface area (Å²) in [6, 6.07) is -3.37. The first-order valence-electron chi connectivity index (χ1n) is 9.24. The molecule has 0 radical (unpaired) electrons. The van der Waals surface area contributed by atoms with Crippen molar-refractivity contribution >= 4 is 42.3 Å². The van der Waals surface area contributed by atoms with E-state index in [9.17, 15) is 77.2 Å². The molecule has 2 unspecified atom stereocenters. The quantitative estimate of drug-likeness (QED) is 0.116. The Kier molecular flexibility index (Phi) is 10.4. The molecule has 1 fully saturated rings. The van der Waals surface area contributed by atoms with E-state index in [4.69, 9.17) is 0 Å². The van der Waals surface area contributed by atoms with E-state index in [1.165, 1.54) is 0 Å². The zero-order chi connectivity index (χ0) is 26.9. The topological polar surface area (TPSA) is 311 Å². The standard InChI is InChI=1S/C12H26N2O16P4/c15-9(16)5-13(11(31(19,20)21)32(22,23)24)7-3-1-2-4-8(7)14(6-10(17)18)12(33(25,26)27)34(28,29)30/h7-8,11-12H,1-6H2,(H,15,16)(H,17,18)(H2,19,20,21)(H2,22,23,24)(H2,25,26,27)(H2,28,29,30). The molecular weight excluding hydrogens is 552 g/mol. The lowest BCUT2D eigenvalue weighted by Crippen LogP contribution is -2.59. The van der Waals surface area contributed by atoms with Crippen LogP contribution in [0.25, 0.3) is 0 Å². The lowest BCUT2D eigenvalue weighted by atomic mass is 9.88. The molecule has 22 heteroatoms. The van der Waals surface area contributed by atoms with Gasteiger partial charge in [-0.2, -0.15) is 0 Å². The minimum atomic E-state index is -5.79. The molecule has 1 aliphatic carbocycles. The van der Waals surface area contributed by atoms with E-state index in [1.54, 1.807) is 0 Å². The number of nitrogens with zero attached hydrogens (tertiary/aromatic N) is 2. The summed E-state index contributed by atoms with van der Waals surface area (Å²) in [5.74, 6) is -3.63. The van der Waals surface area contributed by atoms with Crippen LogP contribution in [-0.4, -0.2) is 107 Å². The Morgan fingerprint density at radius 3 is 1.03 bits per heavy atom. The Bertz CT molecular complexity index is 830. The second-order valence-electron chi connectivity index (χ2n) is 7.60. The van der Waals surface area contributed by atoms with Gasteiger partial charge in [-0.05, 0) is 12.8 Å².